The predicted octanol–water partition coefficient (Wildman–Crippen LogP) is 4.87. The predicted molar refractivity (Wildman–Crippen MR) is 107 cm³/mol. The highest BCUT2D eigenvalue weighted by Crippen LogP contribution is 2.32. The first-order valence-electron chi connectivity index (χ1n) is 8.20. The van der Waals surface area contributed by atoms with Crippen molar-refractivity contribution in [3.05, 3.63) is 77.6 Å². The number of amidine groups is 1. The molecule has 1 aliphatic rings. The first kappa shape index (κ1) is 19.3. The molecule has 0 bridgehead atoms. The van der Waals surface area contributed by atoms with Gasteiger partial charge in [0.15, 0.2) is 11.0 Å². The van der Waals surface area contributed by atoms with Crippen LogP contribution in [0.3, 0.4) is 0 Å². The molecule has 3 rings (SSSR count). The molecule has 0 saturated carbocycles. The van der Waals surface area contributed by atoms with E-state index in [0.717, 1.165) is 0 Å². The Balaban J connectivity index is 1.79. The number of Topliss-reactive ketones (excluding diaryl/α,β-unsaturated/α-hetero) is 1. The molecule has 0 spiro atoms. The molecule has 2 aromatic rings. The van der Waals surface area contributed by atoms with Crippen molar-refractivity contribution in [2.45, 2.75) is 11.7 Å². The van der Waals surface area contributed by atoms with Gasteiger partial charge in [0.05, 0.1) is 10.9 Å². The van der Waals surface area contributed by atoms with Crippen LogP contribution in [0.1, 0.15) is 16.8 Å². The standard InChI is InChI=1S/C20H16ClFN2O2S/c1-2-11-24-19(26)18(12-17(25)13-3-5-14(21)6-4-13)27-20(24)23-16-9-7-15(22)8-10-16/h2-10,18H,1,11-12H2/t18-/m1/s1. The molecule has 0 aromatic heterocycles. The SMILES string of the molecule is C=CCN1C(=O)[C@@H](CC(=O)c2ccc(Cl)cc2)SC1=Nc1ccc(F)cc1. The third-order valence-corrected chi connectivity index (χ3v) is 5.35. The second kappa shape index (κ2) is 8.50. The lowest BCUT2D eigenvalue weighted by Crippen LogP contribution is -2.32. The highest BCUT2D eigenvalue weighted by Gasteiger charge is 2.38. The van der Waals surface area contributed by atoms with E-state index in [1.165, 1.54) is 40.9 Å². The van der Waals surface area contributed by atoms with E-state index in [1.54, 1.807) is 30.3 Å². The quantitative estimate of drug-likeness (QED) is 0.511. The molecule has 0 aliphatic carbocycles. The fourth-order valence-electron chi connectivity index (χ4n) is 2.57. The normalized spacial score (nSPS) is 18.1. The second-order valence-electron chi connectivity index (χ2n) is 5.85. The average Bonchev–Trinajstić information content (AvgIpc) is 2.93. The van der Waals surface area contributed by atoms with Crippen LogP contribution in [0.25, 0.3) is 0 Å². The number of aliphatic imine (C=N–C) groups is 1. The number of thioether (sulfide) groups is 1. The zero-order valence-electron chi connectivity index (χ0n) is 14.3. The molecule has 1 atom stereocenters. The Kier molecular flexibility index (Phi) is 6.08. The van der Waals surface area contributed by atoms with Crippen LogP contribution in [-0.2, 0) is 4.79 Å². The van der Waals surface area contributed by atoms with Crippen molar-refractivity contribution in [3.8, 4) is 0 Å². The van der Waals surface area contributed by atoms with Gasteiger partial charge < -0.3 is 0 Å². The summed E-state index contributed by atoms with van der Waals surface area (Å²) < 4.78 is 13.1. The van der Waals surface area contributed by atoms with Gasteiger partial charge in [-0.15, -0.1) is 6.58 Å². The lowest BCUT2D eigenvalue weighted by Gasteiger charge is -2.13. The third-order valence-electron chi connectivity index (χ3n) is 3.92. The third kappa shape index (κ3) is 4.64. The summed E-state index contributed by atoms with van der Waals surface area (Å²) >= 11 is 7.07. The van der Waals surface area contributed by atoms with Gasteiger partial charge in [-0.05, 0) is 48.5 Å². The molecule has 7 heteroatoms. The summed E-state index contributed by atoms with van der Waals surface area (Å²) in [6, 6.07) is 12.2. The first-order valence-corrected chi connectivity index (χ1v) is 9.45. The number of benzene rings is 2. The van der Waals surface area contributed by atoms with Crippen molar-refractivity contribution < 1.29 is 14.0 Å². The number of carbonyl (C=O) groups excluding carboxylic acids is 2. The smallest absolute Gasteiger partial charge is 0.242 e. The van der Waals surface area contributed by atoms with Gasteiger partial charge in [-0.3, -0.25) is 14.5 Å². The van der Waals surface area contributed by atoms with Gasteiger partial charge >= 0.3 is 0 Å². The summed E-state index contributed by atoms with van der Waals surface area (Å²) in [5.74, 6) is -0.689. The van der Waals surface area contributed by atoms with Gasteiger partial charge in [-0.2, -0.15) is 0 Å². The van der Waals surface area contributed by atoms with E-state index in [1.807, 2.05) is 0 Å². The fraction of sp³-hybridized carbons (Fsp3) is 0.150. The van der Waals surface area contributed by atoms with Crippen molar-refractivity contribution in [2.24, 2.45) is 4.99 Å². The Morgan fingerprint density at radius 3 is 2.52 bits per heavy atom. The largest absolute Gasteiger partial charge is 0.294 e. The van der Waals surface area contributed by atoms with Crippen LogP contribution in [0.2, 0.25) is 5.02 Å². The van der Waals surface area contributed by atoms with Gasteiger partial charge in [-0.1, -0.05) is 29.4 Å². The van der Waals surface area contributed by atoms with E-state index in [0.29, 0.717) is 21.4 Å². The van der Waals surface area contributed by atoms with Crippen molar-refractivity contribution >= 4 is 45.9 Å². The minimum atomic E-state index is -0.563. The Bertz CT molecular complexity index is 897. The number of hydrogen-bond donors (Lipinski definition) is 0. The maximum Gasteiger partial charge on any atom is 0.242 e. The van der Waals surface area contributed by atoms with Crippen LogP contribution in [0.5, 0.6) is 0 Å². The highest BCUT2D eigenvalue weighted by molar-refractivity contribution is 8.15. The zero-order valence-corrected chi connectivity index (χ0v) is 15.8. The van der Waals surface area contributed by atoms with E-state index in [9.17, 15) is 14.0 Å². The zero-order chi connectivity index (χ0) is 19.4. The van der Waals surface area contributed by atoms with E-state index in [-0.39, 0.29) is 30.5 Å². The Morgan fingerprint density at radius 1 is 1.22 bits per heavy atom. The molecule has 0 unspecified atom stereocenters. The lowest BCUT2D eigenvalue weighted by atomic mass is 10.1. The van der Waals surface area contributed by atoms with Gasteiger partial charge in [0.25, 0.3) is 0 Å². The van der Waals surface area contributed by atoms with Crippen molar-refractivity contribution in [1.82, 2.24) is 4.90 Å². The molecule has 2 aromatic carbocycles. The highest BCUT2D eigenvalue weighted by atomic mass is 35.5. The first-order chi connectivity index (χ1) is 13.0. The van der Waals surface area contributed by atoms with Crippen molar-refractivity contribution in [3.63, 3.8) is 0 Å². The lowest BCUT2D eigenvalue weighted by molar-refractivity contribution is -0.125. The summed E-state index contributed by atoms with van der Waals surface area (Å²) in [4.78, 5) is 31.1. The number of halogens is 2. The van der Waals surface area contributed by atoms with Gasteiger partial charge in [0.2, 0.25) is 5.91 Å². The topological polar surface area (TPSA) is 49.7 Å². The molecule has 1 aliphatic heterocycles. The second-order valence-corrected chi connectivity index (χ2v) is 7.46. The van der Waals surface area contributed by atoms with Crippen LogP contribution in [-0.4, -0.2) is 33.6 Å². The van der Waals surface area contributed by atoms with E-state index in [2.05, 4.69) is 11.6 Å². The molecule has 1 saturated heterocycles. The molecule has 0 N–H and O–H groups in total. The number of hydrogen-bond acceptors (Lipinski definition) is 4. The fourth-order valence-corrected chi connectivity index (χ4v) is 3.86. The number of nitrogens with zero attached hydrogens (tertiary/aromatic N) is 2. The van der Waals surface area contributed by atoms with Crippen LogP contribution in [0.15, 0.2) is 66.2 Å². The molecule has 4 nitrogen and oxygen atoms in total. The maximum atomic E-state index is 13.1. The molecule has 138 valence electrons. The van der Waals surface area contributed by atoms with Crippen LogP contribution in [0.4, 0.5) is 10.1 Å². The maximum absolute atomic E-state index is 13.1. The monoisotopic (exact) mass is 402 g/mol. The molecular formula is C20H16ClFN2O2S. The van der Waals surface area contributed by atoms with Crippen molar-refractivity contribution in [2.75, 3.05) is 6.54 Å². The number of amides is 1. The summed E-state index contributed by atoms with van der Waals surface area (Å²) in [6.45, 7) is 3.96. The van der Waals surface area contributed by atoms with Crippen LogP contribution in [0, 0.1) is 5.82 Å². The van der Waals surface area contributed by atoms with Gasteiger partial charge in [0.1, 0.15) is 5.82 Å². The van der Waals surface area contributed by atoms with E-state index < -0.39 is 5.25 Å². The number of rotatable bonds is 6. The number of carbonyl (C=O) groups is 2. The Morgan fingerprint density at radius 2 is 1.89 bits per heavy atom. The average molecular weight is 403 g/mol. The molecule has 1 heterocycles. The molecule has 1 amide bonds. The number of ketones is 1. The summed E-state index contributed by atoms with van der Waals surface area (Å²) in [6.07, 6.45) is 1.66. The van der Waals surface area contributed by atoms with Gasteiger partial charge in [-0.25, -0.2) is 9.38 Å². The van der Waals surface area contributed by atoms with E-state index in [4.69, 9.17) is 11.6 Å². The molecular weight excluding hydrogens is 387 g/mol. The summed E-state index contributed by atoms with van der Waals surface area (Å²) in [7, 11) is 0. The minimum absolute atomic E-state index is 0.0568. The van der Waals surface area contributed by atoms with E-state index >= 15 is 0 Å². The summed E-state index contributed by atoms with van der Waals surface area (Å²) in [5, 5.41) is 0.455. The van der Waals surface area contributed by atoms with Gasteiger partial charge in [0, 0.05) is 23.6 Å². The Hall–Kier alpha value is -2.44. The molecule has 0 radical (unpaired) electrons. The van der Waals surface area contributed by atoms with Crippen molar-refractivity contribution in [1.29, 1.82) is 0 Å². The molecule has 27 heavy (non-hydrogen) atoms. The van der Waals surface area contributed by atoms with Crippen LogP contribution >= 0.6 is 23.4 Å². The van der Waals surface area contributed by atoms with Crippen LogP contribution < -0.4 is 0 Å². The minimum Gasteiger partial charge on any atom is -0.294 e. The Labute approximate surface area is 165 Å². The summed E-state index contributed by atoms with van der Waals surface area (Å²) in [5.41, 5.74) is 1.04. The molecule has 1 fully saturated rings.